The number of carboxylic acid groups (broad SMARTS) is 1. The van der Waals surface area contributed by atoms with Gasteiger partial charge in [-0.15, -0.1) is 0 Å². The van der Waals surface area contributed by atoms with Crippen molar-refractivity contribution in [2.24, 2.45) is 0 Å². The first kappa shape index (κ1) is 14.5. The van der Waals surface area contributed by atoms with E-state index >= 15 is 0 Å². The SMILES string of the molecule is COc1ccc([C@H](C)NCC(O)CC(=O)O)cc1. The zero-order valence-corrected chi connectivity index (χ0v) is 10.6. The van der Waals surface area contributed by atoms with Gasteiger partial charge in [-0.25, -0.2) is 0 Å². The number of carbonyl (C=O) groups is 1. The maximum Gasteiger partial charge on any atom is 0.306 e. The van der Waals surface area contributed by atoms with Gasteiger partial charge in [-0.3, -0.25) is 4.79 Å². The first-order chi connectivity index (χ1) is 8.52. The molecule has 1 aromatic rings. The van der Waals surface area contributed by atoms with Crippen LogP contribution in [0, 0.1) is 0 Å². The zero-order valence-electron chi connectivity index (χ0n) is 10.6. The van der Waals surface area contributed by atoms with Crippen molar-refractivity contribution in [3.63, 3.8) is 0 Å². The van der Waals surface area contributed by atoms with Crippen LogP contribution in [0.4, 0.5) is 0 Å². The Bertz CT molecular complexity index is 377. The van der Waals surface area contributed by atoms with E-state index in [0.717, 1.165) is 11.3 Å². The Morgan fingerprint density at radius 1 is 1.39 bits per heavy atom. The molecule has 2 atom stereocenters. The molecular formula is C13H19NO4. The van der Waals surface area contributed by atoms with E-state index in [0.29, 0.717) is 0 Å². The summed E-state index contributed by atoms with van der Waals surface area (Å²) in [5.41, 5.74) is 1.05. The van der Waals surface area contributed by atoms with Crippen molar-refractivity contribution in [3.05, 3.63) is 29.8 Å². The number of methoxy groups -OCH3 is 1. The van der Waals surface area contributed by atoms with Crippen LogP contribution in [0.15, 0.2) is 24.3 Å². The molecule has 0 bridgehead atoms. The van der Waals surface area contributed by atoms with E-state index in [9.17, 15) is 9.90 Å². The van der Waals surface area contributed by atoms with Crippen LogP contribution in [0.5, 0.6) is 5.75 Å². The molecule has 0 aliphatic carbocycles. The van der Waals surface area contributed by atoms with E-state index in [-0.39, 0.29) is 19.0 Å². The summed E-state index contributed by atoms with van der Waals surface area (Å²) in [5, 5.41) is 21.0. The molecule has 5 nitrogen and oxygen atoms in total. The third-order valence-electron chi connectivity index (χ3n) is 2.69. The minimum absolute atomic E-state index is 0.0411. The lowest BCUT2D eigenvalue weighted by Crippen LogP contribution is -2.30. The number of aliphatic hydroxyl groups is 1. The van der Waals surface area contributed by atoms with Gasteiger partial charge < -0.3 is 20.3 Å². The van der Waals surface area contributed by atoms with Crippen molar-refractivity contribution in [3.8, 4) is 5.75 Å². The van der Waals surface area contributed by atoms with Gasteiger partial charge in [-0.05, 0) is 24.6 Å². The Balaban J connectivity index is 2.44. The fourth-order valence-electron chi connectivity index (χ4n) is 1.60. The second kappa shape index (κ2) is 6.98. The average molecular weight is 253 g/mol. The van der Waals surface area contributed by atoms with Gasteiger partial charge in [-0.2, -0.15) is 0 Å². The summed E-state index contributed by atoms with van der Waals surface area (Å²) in [6.45, 7) is 2.20. The molecule has 0 heterocycles. The summed E-state index contributed by atoms with van der Waals surface area (Å²) in [6.07, 6.45) is -1.12. The zero-order chi connectivity index (χ0) is 13.5. The van der Waals surface area contributed by atoms with E-state index in [4.69, 9.17) is 9.84 Å². The maximum atomic E-state index is 10.4. The van der Waals surface area contributed by atoms with E-state index in [1.807, 2.05) is 31.2 Å². The first-order valence-electron chi connectivity index (χ1n) is 5.80. The summed E-state index contributed by atoms with van der Waals surface area (Å²) in [5.74, 6) is -0.210. The highest BCUT2D eigenvalue weighted by Crippen LogP contribution is 2.17. The minimum atomic E-state index is -0.999. The summed E-state index contributed by atoms with van der Waals surface area (Å²) in [7, 11) is 1.61. The monoisotopic (exact) mass is 253 g/mol. The Kier molecular flexibility index (Phi) is 5.61. The Morgan fingerprint density at radius 3 is 2.50 bits per heavy atom. The lowest BCUT2D eigenvalue weighted by molar-refractivity contribution is -0.139. The van der Waals surface area contributed by atoms with Crippen LogP contribution >= 0.6 is 0 Å². The number of nitrogens with one attached hydrogen (secondary N) is 1. The number of benzene rings is 1. The smallest absolute Gasteiger partial charge is 0.306 e. The van der Waals surface area contributed by atoms with Crippen LogP contribution in [0.1, 0.15) is 24.9 Å². The summed E-state index contributed by atoms with van der Waals surface area (Å²) < 4.78 is 5.07. The molecule has 0 fully saturated rings. The van der Waals surface area contributed by atoms with Gasteiger partial charge in [-0.1, -0.05) is 12.1 Å². The predicted molar refractivity (Wildman–Crippen MR) is 67.7 cm³/mol. The van der Waals surface area contributed by atoms with Gasteiger partial charge in [0, 0.05) is 12.6 Å². The van der Waals surface area contributed by atoms with E-state index in [2.05, 4.69) is 5.32 Å². The van der Waals surface area contributed by atoms with Gasteiger partial charge in [0.2, 0.25) is 0 Å². The molecule has 1 aromatic carbocycles. The van der Waals surface area contributed by atoms with E-state index in [1.54, 1.807) is 7.11 Å². The molecular weight excluding hydrogens is 234 g/mol. The second-order valence-electron chi connectivity index (χ2n) is 4.15. The molecule has 0 amide bonds. The molecule has 0 spiro atoms. The third-order valence-corrected chi connectivity index (χ3v) is 2.69. The molecule has 0 saturated heterocycles. The molecule has 0 aliphatic rings. The lowest BCUT2D eigenvalue weighted by Gasteiger charge is -2.16. The summed E-state index contributed by atoms with van der Waals surface area (Å²) >= 11 is 0. The molecule has 0 aliphatic heterocycles. The molecule has 3 N–H and O–H groups in total. The van der Waals surface area contributed by atoms with Gasteiger partial charge in [0.25, 0.3) is 0 Å². The number of carboxylic acids is 1. The van der Waals surface area contributed by atoms with Crippen molar-refractivity contribution < 1.29 is 19.7 Å². The Morgan fingerprint density at radius 2 is 2.00 bits per heavy atom. The predicted octanol–water partition coefficient (Wildman–Crippen LogP) is 1.18. The van der Waals surface area contributed by atoms with Crippen molar-refractivity contribution in [2.75, 3.05) is 13.7 Å². The van der Waals surface area contributed by atoms with Crippen LogP contribution in [-0.2, 0) is 4.79 Å². The average Bonchev–Trinajstić information content (AvgIpc) is 2.35. The normalized spacial score (nSPS) is 13.9. The fraction of sp³-hybridized carbons (Fsp3) is 0.462. The van der Waals surface area contributed by atoms with Crippen LogP contribution in [-0.4, -0.2) is 35.9 Å². The standard InChI is InChI=1S/C13H19NO4/c1-9(14-8-11(15)7-13(16)17)10-3-5-12(18-2)6-4-10/h3-6,9,11,14-15H,7-8H2,1-2H3,(H,16,17)/t9-,11?/m0/s1. The van der Waals surface area contributed by atoms with Gasteiger partial charge in [0.15, 0.2) is 0 Å². The topological polar surface area (TPSA) is 78.8 Å². The quantitative estimate of drug-likeness (QED) is 0.680. The first-order valence-corrected chi connectivity index (χ1v) is 5.80. The van der Waals surface area contributed by atoms with Gasteiger partial charge >= 0.3 is 5.97 Å². The highest BCUT2D eigenvalue weighted by molar-refractivity contribution is 5.67. The summed E-state index contributed by atoms with van der Waals surface area (Å²) in [6, 6.07) is 7.63. The Labute approximate surface area is 106 Å². The lowest BCUT2D eigenvalue weighted by atomic mass is 10.1. The number of rotatable bonds is 7. The van der Waals surface area contributed by atoms with Crippen molar-refractivity contribution in [1.29, 1.82) is 0 Å². The number of aliphatic carboxylic acids is 1. The van der Waals surface area contributed by atoms with E-state index in [1.165, 1.54) is 0 Å². The van der Waals surface area contributed by atoms with Crippen LogP contribution < -0.4 is 10.1 Å². The van der Waals surface area contributed by atoms with Crippen molar-refractivity contribution in [1.82, 2.24) is 5.32 Å². The molecule has 1 rings (SSSR count). The Hall–Kier alpha value is -1.59. The van der Waals surface area contributed by atoms with Crippen molar-refractivity contribution in [2.45, 2.75) is 25.5 Å². The molecule has 5 heteroatoms. The van der Waals surface area contributed by atoms with E-state index < -0.39 is 12.1 Å². The van der Waals surface area contributed by atoms with Crippen LogP contribution in [0.2, 0.25) is 0 Å². The molecule has 1 unspecified atom stereocenters. The molecule has 18 heavy (non-hydrogen) atoms. The summed E-state index contributed by atoms with van der Waals surface area (Å²) in [4.78, 5) is 10.4. The number of hydrogen-bond acceptors (Lipinski definition) is 4. The molecule has 100 valence electrons. The number of aliphatic hydroxyl groups excluding tert-OH is 1. The highest BCUT2D eigenvalue weighted by Gasteiger charge is 2.11. The third kappa shape index (κ3) is 4.73. The van der Waals surface area contributed by atoms with Gasteiger partial charge in [0.05, 0.1) is 19.6 Å². The minimum Gasteiger partial charge on any atom is -0.497 e. The maximum absolute atomic E-state index is 10.4. The van der Waals surface area contributed by atoms with Crippen molar-refractivity contribution >= 4 is 5.97 Å². The molecule has 0 aromatic heterocycles. The fourth-order valence-corrected chi connectivity index (χ4v) is 1.60. The number of ether oxygens (including phenoxy) is 1. The van der Waals surface area contributed by atoms with Crippen LogP contribution in [0.25, 0.3) is 0 Å². The second-order valence-corrected chi connectivity index (χ2v) is 4.15. The van der Waals surface area contributed by atoms with Gasteiger partial charge in [0.1, 0.15) is 5.75 Å². The highest BCUT2D eigenvalue weighted by atomic mass is 16.5. The number of hydrogen-bond donors (Lipinski definition) is 3. The molecule has 0 saturated carbocycles. The van der Waals surface area contributed by atoms with Crippen LogP contribution in [0.3, 0.4) is 0 Å². The largest absolute Gasteiger partial charge is 0.497 e. The molecule has 0 radical (unpaired) electrons.